The molecule has 0 unspecified atom stereocenters. The molecule has 0 saturated heterocycles. The van der Waals surface area contributed by atoms with Gasteiger partial charge in [0.15, 0.2) is 0 Å². The Kier molecular flexibility index (Phi) is 4.58. The number of hydrogen-bond donors (Lipinski definition) is 1. The van der Waals surface area contributed by atoms with Gasteiger partial charge >= 0.3 is 0 Å². The zero-order valence-electron chi connectivity index (χ0n) is 15.6. The summed E-state index contributed by atoms with van der Waals surface area (Å²) in [6, 6.07) is 7.71. The first-order chi connectivity index (χ1) is 12.9. The van der Waals surface area contributed by atoms with E-state index in [1.165, 1.54) is 11.3 Å². The number of pyridine rings is 1. The number of amides is 1. The lowest BCUT2D eigenvalue weighted by atomic mass is 10.1. The monoisotopic (exact) mass is 401 g/mol. The Morgan fingerprint density at radius 3 is 2.81 bits per heavy atom. The molecule has 1 amide bonds. The maximum atomic E-state index is 13.3. The quantitative estimate of drug-likeness (QED) is 0.660. The fourth-order valence-corrected chi connectivity index (χ4v) is 4.84. The predicted molar refractivity (Wildman–Crippen MR) is 111 cm³/mol. The molecule has 140 valence electrons. The topological polar surface area (TPSA) is 54.5 Å². The minimum absolute atomic E-state index is 0.0415. The summed E-state index contributed by atoms with van der Waals surface area (Å²) in [5.41, 5.74) is 4.56. The van der Waals surface area contributed by atoms with Crippen molar-refractivity contribution < 1.29 is 9.53 Å². The smallest absolute Gasteiger partial charge is 0.272 e. The van der Waals surface area contributed by atoms with E-state index in [9.17, 15) is 4.79 Å². The van der Waals surface area contributed by atoms with Crippen molar-refractivity contribution in [3.05, 3.63) is 51.0 Å². The van der Waals surface area contributed by atoms with Gasteiger partial charge in [-0.25, -0.2) is 4.98 Å². The molecule has 5 nitrogen and oxygen atoms in total. The van der Waals surface area contributed by atoms with Crippen LogP contribution in [0.1, 0.15) is 33.4 Å². The molecule has 3 aromatic rings. The van der Waals surface area contributed by atoms with Crippen LogP contribution in [0.3, 0.4) is 0 Å². The van der Waals surface area contributed by atoms with Crippen molar-refractivity contribution in [2.45, 2.75) is 33.5 Å². The van der Waals surface area contributed by atoms with E-state index in [4.69, 9.17) is 16.3 Å². The Morgan fingerprint density at radius 1 is 1.33 bits per heavy atom. The van der Waals surface area contributed by atoms with Crippen LogP contribution in [0.5, 0.6) is 0 Å². The molecule has 0 aliphatic carbocycles. The Balaban J connectivity index is 1.86. The third-order valence-electron chi connectivity index (χ3n) is 4.76. The molecule has 1 aliphatic heterocycles. The van der Waals surface area contributed by atoms with Crippen LogP contribution in [0.2, 0.25) is 5.02 Å². The van der Waals surface area contributed by atoms with Crippen LogP contribution in [0.25, 0.3) is 10.2 Å². The van der Waals surface area contributed by atoms with Gasteiger partial charge in [-0.2, -0.15) is 0 Å². The van der Waals surface area contributed by atoms with E-state index in [-0.39, 0.29) is 12.1 Å². The number of halogens is 1. The zero-order chi connectivity index (χ0) is 19.3. The standard InChI is InChI=1S/C20H20ClN3O2S/c1-10-5-6-14(8-15(10)21)24-12(3)23-17-16-13(9-26-4)7-11(2)22-19(16)27-18(17)20(24)25/h5-8,12,23H,9H2,1-4H3/t12-/m0/s1. The van der Waals surface area contributed by atoms with Gasteiger partial charge in [0.05, 0.1) is 12.3 Å². The van der Waals surface area contributed by atoms with Crippen LogP contribution in [0.4, 0.5) is 11.4 Å². The highest BCUT2D eigenvalue weighted by atomic mass is 35.5. The van der Waals surface area contributed by atoms with Crippen molar-refractivity contribution in [1.29, 1.82) is 0 Å². The second-order valence-electron chi connectivity index (χ2n) is 6.77. The van der Waals surface area contributed by atoms with E-state index in [1.807, 2.05) is 45.0 Å². The summed E-state index contributed by atoms with van der Waals surface area (Å²) in [4.78, 5) is 21.2. The van der Waals surface area contributed by atoms with Gasteiger partial charge in [0.1, 0.15) is 15.9 Å². The second-order valence-corrected chi connectivity index (χ2v) is 8.18. The minimum atomic E-state index is -0.210. The van der Waals surface area contributed by atoms with Crippen LogP contribution < -0.4 is 10.2 Å². The number of aryl methyl sites for hydroxylation is 2. The second kappa shape index (κ2) is 6.78. The fourth-order valence-electron chi connectivity index (χ4n) is 3.50. The third-order valence-corrected chi connectivity index (χ3v) is 6.24. The molecule has 4 rings (SSSR count). The summed E-state index contributed by atoms with van der Waals surface area (Å²) >= 11 is 7.70. The molecule has 0 radical (unpaired) electrons. The Bertz CT molecular complexity index is 1060. The molecule has 0 saturated carbocycles. The number of fused-ring (bicyclic) bond motifs is 3. The van der Waals surface area contributed by atoms with Gasteiger partial charge in [-0.15, -0.1) is 11.3 Å². The number of hydrogen-bond acceptors (Lipinski definition) is 5. The zero-order valence-corrected chi connectivity index (χ0v) is 17.2. The maximum Gasteiger partial charge on any atom is 0.272 e. The van der Waals surface area contributed by atoms with Gasteiger partial charge in [-0.3, -0.25) is 9.69 Å². The van der Waals surface area contributed by atoms with E-state index in [0.717, 1.165) is 38.4 Å². The van der Waals surface area contributed by atoms with Crippen molar-refractivity contribution in [2.75, 3.05) is 17.3 Å². The van der Waals surface area contributed by atoms with Crippen LogP contribution in [-0.2, 0) is 11.3 Å². The lowest BCUT2D eigenvalue weighted by Crippen LogP contribution is -2.46. The molecule has 27 heavy (non-hydrogen) atoms. The Labute approximate surface area is 166 Å². The van der Waals surface area contributed by atoms with E-state index in [2.05, 4.69) is 10.3 Å². The molecule has 7 heteroatoms. The number of carbonyl (C=O) groups is 1. The average Bonchev–Trinajstić information content (AvgIpc) is 2.97. The van der Waals surface area contributed by atoms with E-state index in [0.29, 0.717) is 16.5 Å². The SMILES string of the molecule is COCc1cc(C)nc2sc3c(c12)N[C@H](C)N(c1ccc(C)c(Cl)c1)C3=O. The Hall–Kier alpha value is -2.15. The number of benzene rings is 1. The predicted octanol–water partition coefficient (Wildman–Crippen LogP) is 5.13. The number of ether oxygens (including phenoxy) is 1. The molecule has 3 heterocycles. The molecular formula is C20H20ClN3O2S. The lowest BCUT2D eigenvalue weighted by Gasteiger charge is -2.34. The molecule has 1 atom stereocenters. The molecule has 0 fully saturated rings. The highest BCUT2D eigenvalue weighted by Gasteiger charge is 2.34. The summed E-state index contributed by atoms with van der Waals surface area (Å²) in [7, 11) is 1.67. The van der Waals surface area contributed by atoms with Gasteiger partial charge in [0.2, 0.25) is 0 Å². The van der Waals surface area contributed by atoms with Crippen LogP contribution in [0.15, 0.2) is 24.3 Å². The van der Waals surface area contributed by atoms with Crippen molar-refractivity contribution in [1.82, 2.24) is 4.98 Å². The summed E-state index contributed by atoms with van der Waals surface area (Å²) in [5.74, 6) is -0.0415. The number of nitrogens with zero attached hydrogens (tertiary/aromatic N) is 2. The van der Waals surface area contributed by atoms with Gasteiger partial charge in [-0.1, -0.05) is 17.7 Å². The van der Waals surface area contributed by atoms with Gasteiger partial charge in [0.25, 0.3) is 5.91 Å². The molecule has 2 aromatic heterocycles. The van der Waals surface area contributed by atoms with Crippen molar-refractivity contribution in [3.8, 4) is 0 Å². The number of carbonyl (C=O) groups excluding carboxylic acids is 1. The maximum absolute atomic E-state index is 13.3. The molecule has 1 aliphatic rings. The van der Waals surface area contributed by atoms with Crippen molar-refractivity contribution >= 4 is 50.4 Å². The first-order valence-corrected chi connectivity index (χ1v) is 9.88. The third kappa shape index (κ3) is 2.98. The first kappa shape index (κ1) is 18.2. The van der Waals surface area contributed by atoms with Crippen LogP contribution in [0, 0.1) is 13.8 Å². The fraction of sp³-hybridized carbons (Fsp3) is 0.300. The van der Waals surface area contributed by atoms with Crippen molar-refractivity contribution in [3.63, 3.8) is 0 Å². The summed E-state index contributed by atoms with van der Waals surface area (Å²) in [6.45, 7) is 6.34. The minimum Gasteiger partial charge on any atom is -0.380 e. The first-order valence-electron chi connectivity index (χ1n) is 8.69. The largest absolute Gasteiger partial charge is 0.380 e. The summed E-state index contributed by atoms with van der Waals surface area (Å²) < 4.78 is 5.36. The van der Waals surface area contributed by atoms with Gasteiger partial charge in [-0.05, 0) is 50.1 Å². The summed E-state index contributed by atoms with van der Waals surface area (Å²) in [6.07, 6.45) is -0.210. The normalized spacial score (nSPS) is 16.6. The van der Waals surface area contributed by atoms with Gasteiger partial charge in [0, 0.05) is 28.9 Å². The summed E-state index contributed by atoms with van der Waals surface area (Å²) in [5, 5.41) is 5.11. The van der Waals surface area contributed by atoms with E-state index >= 15 is 0 Å². The van der Waals surface area contributed by atoms with E-state index < -0.39 is 0 Å². The molecular weight excluding hydrogens is 382 g/mol. The molecule has 1 N–H and O–H groups in total. The highest BCUT2D eigenvalue weighted by molar-refractivity contribution is 7.21. The average molecular weight is 402 g/mol. The molecule has 1 aromatic carbocycles. The number of methoxy groups -OCH3 is 1. The number of rotatable bonds is 3. The Morgan fingerprint density at radius 2 is 2.11 bits per heavy atom. The number of nitrogens with one attached hydrogen (secondary N) is 1. The lowest BCUT2D eigenvalue weighted by molar-refractivity contribution is 0.0981. The van der Waals surface area contributed by atoms with E-state index in [1.54, 1.807) is 12.0 Å². The van der Waals surface area contributed by atoms with Crippen molar-refractivity contribution in [2.24, 2.45) is 0 Å². The van der Waals surface area contributed by atoms with Crippen LogP contribution in [-0.4, -0.2) is 24.2 Å². The number of anilines is 2. The molecule has 0 bridgehead atoms. The van der Waals surface area contributed by atoms with Gasteiger partial charge < -0.3 is 10.1 Å². The highest BCUT2D eigenvalue weighted by Crippen LogP contribution is 2.42. The van der Waals surface area contributed by atoms with Crippen LogP contribution >= 0.6 is 22.9 Å². The number of aromatic nitrogens is 1. The molecule has 0 spiro atoms. The number of thiophene rings is 1.